The Labute approximate surface area is 117 Å². The van der Waals surface area contributed by atoms with Gasteiger partial charge in [-0.1, -0.05) is 0 Å². The van der Waals surface area contributed by atoms with Crippen LogP contribution in [0.5, 0.6) is 0 Å². The van der Waals surface area contributed by atoms with Crippen molar-refractivity contribution in [3.05, 3.63) is 34.2 Å². The molecule has 0 spiro atoms. The molecule has 0 fully saturated rings. The summed E-state index contributed by atoms with van der Waals surface area (Å²) in [7, 11) is 0. The van der Waals surface area contributed by atoms with E-state index in [0.717, 1.165) is 0 Å². The molecule has 0 saturated heterocycles. The number of halogens is 2. The minimum atomic E-state index is -0.565. The molecule has 5 nitrogen and oxygen atoms in total. The molecule has 2 rings (SSSR count). The van der Waals surface area contributed by atoms with E-state index in [1.165, 1.54) is 18.3 Å². The van der Waals surface area contributed by atoms with E-state index in [2.05, 4.69) is 26.3 Å². The first-order valence-corrected chi connectivity index (χ1v) is 6.29. The van der Waals surface area contributed by atoms with E-state index in [-0.39, 0.29) is 17.9 Å². The van der Waals surface area contributed by atoms with Crippen molar-refractivity contribution in [3.8, 4) is 0 Å². The highest BCUT2D eigenvalue weighted by molar-refractivity contribution is 9.10. The van der Waals surface area contributed by atoms with Crippen LogP contribution in [0.1, 0.15) is 17.3 Å². The SMILES string of the molecule is CCOC(=O)c1cnc2c(Br)cc(F)cc2c1NN. The van der Waals surface area contributed by atoms with Gasteiger partial charge in [-0.3, -0.25) is 10.8 Å². The number of nitrogens with one attached hydrogen (secondary N) is 1. The fraction of sp³-hybridized carbons (Fsp3) is 0.167. The van der Waals surface area contributed by atoms with Gasteiger partial charge in [0.25, 0.3) is 0 Å². The molecule has 100 valence electrons. The van der Waals surface area contributed by atoms with Crippen LogP contribution in [-0.4, -0.2) is 17.6 Å². The lowest BCUT2D eigenvalue weighted by Gasteiger charge is -2.11. The highest BCUT2D eigenvalue weighted by atomic mass is 79.9. The van der Waals surface area contributed by atoms with E-state index >= 15 is 0 Å². The third kappa shape index (κ3) is 2.52. The molecule has 7 heteroatoms. The molecule has 0 aliphatic carbocycles. The third-order valence-electron chi connectivity index (χ3n) is 2.53. The van der Waals surface area contributed by atoms with Gasteiger partial charge >= 0.3 is 5.97 Å². The number of aromatic nitrogens is 1. The van der Waals surface area contributed by atoms with E-state index in [1.54, 1.807) is 6.92 Å². The second-order valence-electron chi connectivity index (χ2n) is 3.70. The summed E-state index contributed by atoms with van der Waals surface area (Å²) in [5.74, 6) is 4.40. The Hall–Kier alpha value is -1.73. The first kappa shape index (κ1) is 13.7. The summed E-state index contributed by atoms with van der Waals surface area (Å²) >= 11 is 3.22. The Balaban J connectivity index is 2.72. The van der Waals surface area contributed by atoms with Gasteiger partial charge in [-0.25, -0.2) is 9.18 Å². The van der Waals surface area contributed by atoms with Crippen LogP contribution in [0.2, 0.25) is 0 Å². The maximum Gasteiger partial charge on any atom is 0.341 e. The Morgan fingerprint density at radius 1 is 1.58 bits per heavy atom. The van der Waals surface area contributed by atoms with Gasteiger partial charge in [0.05, 0.1) is 17.8 Å². The highest BCUT2D eigenvalue weighted by Crippen LogP contribution is 2.31. The average Bonchev–Trinajstić information content (AvgIpc) is 2.37. The summed E-state index contributed by atoms with van der Waals surface area (Å²) in [4.78, 5) is 15.9. The number of fused-ring (bicyclic) bond motifs is 1. The lowest BCUT2D eigenvalue weighted by atomic mass is 10.1. The Morgan fingerprint density at radius 3 is 2.95 bits per heavy atom. The largest absolute Gasteiger partial charge is 0.462 e. The van der Waals surface area contributed by atoms with Gasteiger partial charge in [-0.15, -0.1) is 0 Å². The van der Waals surface area contributed by atoms with Crippen molar-refractivity contribution < 1.29 is 13.9 Å². The molecule has 2 aromatic rings. The quantitative estimate of drug-likeness (QED) is 0.514. The maximum absolute atomic E-state index is 13.5. The standard InChI is InChI=1S/C12H11BrFN3O2/c1-2-19-12(18)8-5-16-11-7(10(8)17-15)3-6(14)4-9(11)13/h3-5H,2,15H2,1H3,(H,16,17). The molecule has 3 N–H and O–H groups in total. The van der Waals surface area contributed by atoms with Gasteiger partial charge in [0, 0.05) is 16.1 Å². The summed E-state index contributed by atoms with van der Waals surface area (Å²) in [6, 6.07) is 2.55. The number of ether oxygens (including phenoxy) is 1. The molecule has 0 aliphatic rings. The molecule has 19 heavy (non-hydrogen) atoms. The number of rotatable bonds is 3. The number of nitrogens with zero attached hydrogens (tertiary/aromatic N) is 1. The summed E-state index contributed by atoms with van der Waals surface area (Å²) in [6.45, 7) is 1.92. The van der Waals surface area contributed by atoms with Crippen molar-refractivity contribution in [3.63, 3.8) is 0 Å². The number of anilines is 1. The van der Waals surface area contributed by atoms with Gasteiger partial charge in [0.1, 0.15) is 11.4 Å². The summed E-state index contributed by atoms with van der Waals surface area (Å²) in [6.07, 6.45) is 1.35. The first-order chi connectivity index (χ1) is 9.08. The molecule has 0 radical (unpaired) electrons. The lowest BCUT2D eigenvalue weighted by Crippen LogP contribution is -2.15. The third-order valence-corrected chi connectivity index (χ3v) is 3.13. The first-order valence-electron chi connectivity index (χ1n) is 5.50. The predicted molar refractivity (Wildman–Crippen MR) is 73.2 cm³/mol. The van der Waals surface area contributed by atoms with E-state index in [4.69, 9.17) is 10.6 Å². The molecule has 0 unspecified atom stereocenters. The Kier molecular flexibility index (Phi) is 3.96. The second kappa shape index (κ2) is 5.50. The fourth-order valence-electron chi connectivity index (χ4n) is 1.75. The number of esters is 1. The zero-order valence-corrected chi connectivity index (χ0v) is 11.6. The maximum atomic E-state index is 13.5. The van der Waals surface area contributed by atoms with Crippen LogP contribution in [0, 0.1) is 5.82 Å². The molecule has 1 aromatic heterocycles. The van der Waals surface area contributed by atoms with Crippen LogP contribution in [0.3, 0.4) is 0 Å². The van der Waals surface area contributed by atoms with E-state index in [1.807, 2.05) is 0 Å². The number of hydrogen-bond donors (Lipinski definition) is 2. The number of nitrogens with two attached hydrogens (primary N) is 1. The van der Waals surface area contributed by atoms with Crippen molar-refractivity contribution in [1.29, 1.82) is 0 Å². The Bertz CT molecular complexity index is 648. The number of pyridine rings is 1. The highest BCUT2D eigenvalue weighted by Gasteiger charge is 2.17. The van der Waals surface area contributed by atoms with Crippen LogP contribution in [0.15, 0.2) is 22.8 Å². The minimum absolute atomic E-state index is 0.161. The lowest BCUT2D eigenvalue weighted by molar-refractivity contribution is 0.0527. The second-order valence-corrected chi connectivity index (χ2v) is 4.55. The minimum Gasteiger partial charge on any atom is -0.462 e. The number of hydrogen-bond acceptors (Lipinski definition) is 5. The van der Waals surface area contributed by atoms with Crippen LogP contribution in [0.25, 0.3) is 10.9 Å². The van der Waals surface area contributed by atoms with Crippen LogP contribution in [0.4, 0.5) is 10.1 Å². The normalized spacial score (nSPS) is 10.5. The monoisotopic (exact) mass is 327 g/mol. The van der Waals surface area contributed by atoms with Crippen LogP contribution in [-0.2, 0) is 4.74 Å². The predicted octanol–water partition coefficient (Wildman–Crippen LogP) is 2.60. The van der Waals surface area contributed by atoms with Crippen molar-refractivity contribution in [2.24, 2.45) is 5.84 Å². The van der Waals surface area contributed by atoms with Gasteiger partial charge in [-0.2, -0.15) is 0 Å². The molecule has 0 bridgehead atoms. The molecular formula is C12H11BrFN3O2. The zero-order chi connectivity index (χ0) is 14.0. The number of hydrazine groups is 1. The zero-order valence-electron chi connectivity index (χ0n) is 10.0. The van der Waals surface area contributed by atoms with Gasteiger partial charge in [-0.05, 0) is 35.0 Å². The van der Waals surface area contributed by atoms with Gasteiger partial charge < -0.3 is 10.2 Å². The van der Waals surface area contributed by atoms with Gasteiger partial charge in [0.2, 0.25) is 0 Å². The van der Waals surface area contributed by atoms with Crippen molar-refractivity contribution in [1.82, 2.24) is 4.98 Å². The van der Waals surface area contributed by atoms with Crippen molar-refractivity contribution >= 4 is 38.5 Å². The molecular weight excluding hydrogens is 317 g/mol. The van der Waals surface area contributed by atoms with E-state index in [0.29, 0.717) is 15.4 Å². The van der Waals surface area contributed by atoms with Crippen molar-refractivity contribution in [2.45, 2.75) is 6.92 Å². The average molecular weight is 328 g/mol. The van der Waals surface area contributed by atoms with Crippen LogP contribution >= 0.6 is 15.9 Å². The van der Waals surface area contributed by atoms with E-state index in [9.17, 15) is 9.18 Å². The Morgan fingerprint density at radius 2 is 2.32 bits per heavy atom. The topological polar surface area (TPSA) is 77.2 Å². The van der Waals surface area contributed by atoms with Crippen molar-refractivity contribution in [2.75, 3.05) is 12.0 Å². The number of carbonyl (C=O) groups excluding carboxylic acids is 1. The van der Waals surface area contributed by atoms with E-state index < -0.39 is 11.8 Å². The smallest absolute Gasteiger partial charge is 0.341 e. The molecule has 0 aliphatic heterocycles. The fourth-order valence-corrected chi connectivity index (χ4v) is 2.28. The summed E-state index contributed by atoms with van der Waals surface area (Å²) < 4.78 is 18.8. The molecule has 1 aromatic carbocycles. The molecule has 0 saturated carbocycles. The number of nitrogen functional groups attached to an aromatic ring is 1. The molecule has 0 amide bonds. The number of carbonyl (C=O) groups is 1. The molecule has 0 atom stereocenters. The van der Waals surface area contributed by atoms with Gasteiger partial charge in [0.15, 0.2) is 0 Å². The van der Waals surface area contributed by atoms with Crippen LogP contribution < -0.4 is 11.3 Å². The molecule has 1 heterocycles. The number of benzene rings is 1. The summed E-state index contributed by atoms with van der Waals surface area (Å²) in [5, 5.41) is 0.403. The summed E-state index contributed by atoms with van der Waals surface area (Å²) in [5.41, 5.74) is 3.35.